The largest absolute Gasteiger partial charge is 0.456 e. The summed E-state index contributed by atoms with van der Waals surface area (Å²) in [5.41, 5.74) is 9.31. The van der Waals surface area contributed by atoms with Crippen LogP contribution < -0.4 is 14.0 Å². The van der Waals surface area contributed by atoms with Crippen LogP contribution in [0.15, 0.2) is 79.0 Å². The molecule has 3 aromatic heterocycles. The molecule has 1 unspecified atom stereocenters. The molecule has 5 nitrogen and oxygen atoms in total. The number of hydrogen-bond donors (Lipinski definition) is 0. The lowest BCUT2D eigenvalue weighted by atomic mass is 9.84. The topological polar surface area (TPSA) is 26.8 Å². The highest BCUT2D eigenvalue weighted by molar-refractivity contribution is 6.11. The van der Waals surface area contributed by atoms with Crippen LogP contribution in [0, 0.1) is 20.8 Å². The van der Waals surface area contributed by atoms with Crippen LogP contribution >= 0.6 is 0 Å². The first kappa shape index (κ1) is 18.0. The molecular weight excluding hydrogens is 432 g/mol. The van der Waals surface area contributed by atoms with Gasteiger partial charge < -0.3 is 4.74 Å². The summed E-state index contributed by atoms with van der Waals surface area (Å²) < 4.78 is 16.5. The van der Waals surface area contributed by atoms with Gasteiger partial charge in [0.25, 0.3) is 5.82 Å². The standard InChI is InChI=1S/C30H22N4O/c1-17-18(2)33-23-11-8-12-24-27(23)30(34(33)19(17)3)28-25(35-24)15-14-21-20-9-4-5-10-22(20)32(29(21)28)26-13-6-7-16-31(26)30/h4-16H,1-3H3/q+2. The molecule has 0 aliphatic carbocycles. The lowest BCUT2D eigenvalue weighted by molar-refractivity contribution is -0.995. The molecule has 0 amide bonds. The van der Waals surface area contributed by atoms with E-state index in [0.29, 0.717) is 0 Å². The second kappa shape index (κ2) is 5.47. The van der Waals surface area contributed by atoms with Gasteiger partial charge in [0, 0.05) is 29.3 Å². The summed E-state index contributed by atoms with van der Waals surface area (Å²) in [5.74, 6) is 3.00. The molecule has 0 fully saturated rings. The van der Waals surface area contributed by atoms with E-state index in [2.05, 4.69) is 118 Å². The molecular formula is C30H22N4O+2. The smallest absolute Gasteiger partial charge is 0.397 e. The second-order valence-electron chi connectivity index (χ2n) is 9.96. The van der Waals surface area contributed by atoms with Crippen LogP contribution in [0.5, 0.6) is 11.5 Å². The quantitative estimate of drug-likeness (QED) is 0.293. The number of nitrogens with zero attached hydrogens (tertiary/aromatic N) is 4. The molecule has 0 N–H and O–H groups in total. The van der Waals surface area contributed by atoms with E-state index in [9.17, 15) is 0 Å². The van der Waals surface area contributed by atoms with Crippen LogP contribution in [0.25, 0.3) is 33.3 Å². The zero-order valence-electron chi connectivity index (χ0n) is 19.7. The molecule has 3 aliphatic heterocycles. The number of pyridine rings is 1. The van der Waals surface area contributed by atoms with Crippen LogP contribution in [0.4, 0.5) is 0 Å². The first-order chi connectivity index (χ1) is 17.1. The summed E-state index contributed by atoms with van der Waals surface area (Å²) in [6.07, 6.45) is 2.24. The van der Waals surface area contributed by atoms with Crippen molar-refractivity contribution in [3.05, 3.63) is 107 Å². The van der Waals surface area contributed by atoms with Gasteiger partial charge >= 0.3 is 5.66 Å². The number of aromatic nitrogens is 4. The van der Waals surface area contributed by atoms with Gasteiger partial charge in [-0.25, -0.2) is 0 Å². The number of hydrogen-bond acceptors (Lipinski definition) is 1. The molecule has 0 saturated carbocycles. The minimum Gasteiger partial charge on any atom is -0.456 e. The summed E-state index contributed by atoms with van der Waals surface area (Å²) in [7, 11) is 0. The van der Waals surface area contributed by atoms with Crippen LogP contribution in [-0.4, -0.2) is 9.25 Å². The highest BCUT2D eigenvalue weighted by Crippen LogP contribution is 2.55. The SMILES string of the molecule is Cc1c(C)n2[n+](c1C)C13c4c(cccc4-2)Oc2ccc4c5ccccc5n(c4c21)-c1cccc[n+]13. The summed E-state index contributed by atoms with van der Waals surface area (Å²) in [5, 5.41) is 2.52. The second-order valence-corrected chi connectivity index (χ2v) is 9.96. The van der Waals surface area contributed by atoms with Gasteiger partial charge in [0.05, 0.1) is 11.9 Å². The molecule has 1 spiro atoms. The monoisotopic (exact) mass is 454 g/mol. The number of ether oxygens (including phenoxy) is 1. The Labute approximate surface area is 201 Å². The van der Waals surface area contributed by atoms with Crippen molar-refractivity contribution >= 4 is 21.8 Å². The molecule has 1 atom stereocenters. The lowest BCUT2D eigenvalue weighted by Gasteiger charge is -2.33. The molecule has 3 aliphatic rings. The molecule has 5 heteroatoms. The van der Waals surface area contributed by atoms with Crippen molar-refractivity contribution in [2.45, 2.75) is 26.4 Å². The number of benzene rings is 3. The van der Waals surface area contributed by atoms with E-state index in [4.69, 9.17) is 4.74 Å². The van der Waals surface area contributed by atoms with Gasteiger partial charge in [-0.2, -0.15) is 9.13 Å². The molecule has 166 valence electrons. The van der Waals surface area contributed by atoms with Crippen LogP contribution in [0.1, 0.15) is 28.1 Å². The fourth-order valence-electron chi connectivity index (χ4n) is 7.07. The van der Waals surface area contributed by atoms with Crippen LogP contribution in [0.3, 0.4) is 0 Å². The Morgan fingerprint density at radius 3 is 2.51 bits per heavy atom. The van der Waals surface area contributed by atoms with E-state index >= 15 is 0 Å². The molecule has 35 heavy (non-hydrogen) atoms. The Balaban J connectivity index is 1.66. The van der Waals surface area contributed by atoms with Gasteiger partial charge in [-0.3, -0.25) is 0 Å². The predicted molar refractivity (Wildman–Crippen MR) is 133 cm³/mol. The van der Waals surface area contributed by atoms with Crippen molar-refractivity contribution in [1.82, 2.24) is 9.25 Å². The van der Waals surface area contributed by atoms with Crippen molar-refractivity contribution in [3.8, 4) is 23.0 Å². The summed E-state index contributed by atoms with van der Waals surface area (Å²) in [4.78, 5) is 0. The van der Waals surface area contributed by atoms with E-state index in [1.807, 2.05) is 0 Å². The summed E-state index contributed by atoms with van der Waals surface area (Å²) in [6.45, 7) is 6.72. The highest BCUT2D eigenvalue weighted by atomic mass is 16.5. The fourth-order valence-corrected chi connectivity index (χ4v) is 7.07. The first-order valence-electron chi connectivity index (χ1n) is 12.1. The lowest BCUT2D eigenvalue weighted by Crippen LogP contribution is -2.77. The van der Waals surface area contributed by atoms with Crippen molar-refractivity contribution in [3.63, 3.8) is 0 Å². The Bertz CT molecular complexity index is 1970. The van der Waals surface area contributed by atoms with Gasteiger partial charge in [0.1, 0.15) is 28.3 Å². The number of fused-ring (bicyclic) bond motifs is 7. The van der Waals surface area contributed by atoms with Gasteiger partial charge in [-0.1, -0.05) is 28.9 Å². The van der Waals surface area contributed by atoms with E-state index in [-0.39, 0.29) is 0 Å². The van der Waals surface area contributed by atoms with Crippen molar-refractivity contribution < 1.29 is 14.0 Å². The Morgan fingerprint density at radius 2 is 1.60 bits per heavy atom. The van der Waals surface area contributed by atoms with Gasteiger partial charge in [-0.05, 0) is 56.3 Å². The third-order valence-corrected chi connectivity index (χ3v) is 8.59. The zero-order valence-corrected chi connectivity index (χ0v) is 19.7. The van der Waals surface area contributed by atoms with E-state index in [1.54, 1.807) is 0 Å². The average molecular weight is 455 g/mol. The Hall–Kier alpha value is -4.38. The molecule has 3 aromatic carbocycles. The van der Waals surface area contributed by atoms with Crippen molar-refractivity contribution in [2.24, 2.45) is 0 Å². The third-order valence-electron chi connectivity index (χ3n) is 8.59. The highest BCUT2D eigenvalue weighted by Gasteiger charge is 2.69. The van der Waals surface area contributed by atoms with Crippen LogP contribution in [0.2, 0.25) is 0 Å². The summed E-state index contributed by atoms with van der Waals surface area (Å²) in [6, 6.07) is 26.1. The van der Waals surface area contributed by atoms with E-state index in [0.717, 1.165) is 17.3 Å². The number of para-hydroxylation sites is 1. The van der Waals surface area contributed by atoms with E-state index < -0.39 is 5.66 Å². The maximum absolute atomic E-state index is 6.70. The van der Waals surface area contributed by atoms with Crippen molar-refractivity contribution in [1.29, 1.82) is 0 Å². The van der Waals surface area contributed by atoms with Crippen LogP contribution in [-0.2, 0) is 5.66 Å². The summed E-state index contributed by atoms with van der Waals surface area (Å²) >= 11 is 0. The first-order valence-corrected chi connectivity index (χ1v) is 12.1. The van der Waals surface area contributed by atoms with Gasteiger partial charge in [0.2, 0.25) is 5.69 Å². The third kappa shape index (κ3) is 1.66. The molecule has 6 aromatic rings. The average Bonchev–Trinajstić information content (AvgIpc) is 3.47. The molecule has 0 saturated heterocycles. The van der Waals surface area contributed by atoms with Gasteiger partial charge in [0.15, 0.2) is 11.1 Å². The van der Waals surface area contributed by atoms with Gasteiger partial charge in [-0.15, -0.1) is 4.68 Å². The maximum Gasteiger partial charge on any atom is 0.397 e. The minimum atomic E-state index is -0.580. The van der Waals surface area contributed by atoms with E-state index in [1.165, 1.54) is 55.6 Å². The minimum absolute atomic E-state index is 0.580. The fraction of sp³-hybridized carbons (Fsp3) is 0.133. The zero-order chi connectivity index (χ0) is 23.2. The van der Waals surface area contributed by atoms with Crippen molar-refractivity contribution in [2.75, 3.05) is 0 Å². The predicted octanol–water partition coefficient (Wildman–Crippen LogP) is 5.10. The normalized spacial score (nSPS) is 17.9. The molecule has 9 rings (SSSR count). The number of rotatable bonds is 0. The Morgan fingerprint density at radius 1 is 0.771 bits per heavy atom. The molecule has 6 heterocycles. The molecule has 0 radical (unpaired) electrons. The maximum atomic E-state index is 6.70. The Kier molecular flexibility index (Phi) is 2.81. The molecule has 0 bridgehead atoms.